The van der Waals surface area contributed by atoms with Crippen molar-refractivity contribution in [2.75, 3.05) is 25.6 Å². The molecule has 20 heavy (non-hydrogen) atoms. The maximum absolute atomic E-state index is 12.2. The third-order valence-corrected chi connectivity index (χ3v) is 3.51. The number of anilines is 1. The van der Waals surface area contributed by atoms with E-state index < -0.39 is 5.97 Å². The summed E-state index contributed by atoms with van der Waals surface area (Å²) in [6.07, 6.45) is 0.795. The molecule has 6 nitrogen and oxygen atoms in total. The number of carboxylic acids is 1. The molecule has 0 spiro atoms. The van der Waals surface area contributed by atoms with Crippen LogP contribution < -0.4 is 5.32 Å². The molecule has 2 rings (SSSR count). The highest BCUT2D eigenvalue weighted by molar-refractivity contribution is 6.01. The fourth-order valence-corrected chi connectivity index (χ4v) is 2.20. The van der Waals surface area contributed by atoms with Crippen LogP contribution in [0.15, 0.2) is 18.2 Å². The Morgan fingerprint density at radius 1 is 1.45 bits per heavy atom. The lowest BCUT2D eigenvalue weighted by molar-refractivity contribution is 0.0698. The zero-order chi connectivity index (χ0) is 14.7. The quantitative estimate of drug-likeness (QED) is 0.885. The number of aromatic carboxylic acids is 1. The van der Waals surface area contributed by atoms with Crippen LogP contribution in [0.25, 0.3) is 0 Å². The Labute approximate surface area is 117 Å². The van der Waals surface area contributed by atoms with Crippen molar-refractivity contribution in [2.45, 2.75) is 19.4 Å². The molecule has 2 N–H and O–H groups in total. The van der Waals surface area contributed by atoms with Crippen molar-refractivity contribution >= 4 is 17.7 Å². The maximum Gasteiger partial charge on any atom is 0.337 e. The van der Waals surface area contributed by atoms with Crippen molar-refractivity contribution in [1.29, 1.82) is 0 Å². The predicted octanol–water partition coefficient (Wildman–Crippen LogP) is 1.95. The highest BCUT2D eigenvalue weighted by Gasteiger charge is 2.25. The van der Waals surface area contributed by atoms with Gasteiger partial charge in [0.05, 0.1) is 23.9 Å². The van der Waals surface area contributed by atoms with E-state index in [1.54, 1.807) is 31.0 Å². The minimum Gasteiger partial charge on any atom is -0.478 e. The van der Waals surface area contributed by atoms with Crippen molar-refractivity contribution in [1.82, 2.24) is 4.90 Å². The van der Waals surface area contributed by atoms with E-state index in [-0.39, 0.29) is 17.6 Å². The summed E-state index contributed by atoms with van der Waals surface area (Å²) in [4.78, 5) is 25.0. The summed E-state index contributed by atoms with van der Waals surface area (Å²) in [5.41, 5.74) is 1.15. The van der Waals surface area contributed by atoms with Crippen LogP contribution >= 0.6 is 0 Å². The Morgan fingerprint density at radius 3 is 2.80 bits per heavy atom. The van der Waals surface area contributed by atoms with E-state index in [9.17, 15) is 9.59 Å². The van der Waals surface area contributed by atoms with Crippen LogP contribution in [0, 0.1) is 6.92 Å². The second kappa shape index (κ2) is 5.92. The molecular weight excluding hydrogens is 260 g/mol. The fourth-order valence-electron chi connectivity index (χ4n) is 2.20. The van der Waals surface area contributed by atoms with Gasteiger partial charge in [-0.15, -0.1) is 0 Å². The van der Waals surface area contributed by atoms with Gasteiger partial charge in [0.25, 0.3) is 0 Å². The largest absolute Gasteiger partial charge is 0.478 e. The van der Waals surface area contributed by atoms with Gasteiger partial charge in [0, 0.05) is 13.7 Å². The van der Waals surface area contributed by atoms with E-state index in [0.717, 1.165) is 6.42 Å². The summed E-state index contributed by atoms with van der Waals surface area (Å²) in [6.45, 7) is 2.93. The minimum atomic E-state index is -1.06. The number of carboxylic acid groups (broad SMARTS) is 1. The van der Waals surface area contributed by atoms with Crippen molar-refractivity contribution in [3.05, 3.63) is 29.3 Å². The topological polar surface area (TPSA) is 78.9 Å². The number of carbonyl (C=O) groups is 2. The number of benzene rings is 1. The molecule has 1 heterocycles. The van der Waals surface area contributed by atoms with Gasteiger partial charge in [-0.05, 0) is 25.0 Å². The van der Waals surface area contributed by atoms with Crippen LogP contribution in [-0.4, -0.2) is 48.3 Å². The average molecular weight is 278 g/mol. The molecule has 0 aliphatic carbocycles. The van der Waals surface area contributed by atoms with Gasteiger partial charge in [-0.1, -0.05) is 12.1 Å². The predicted molar refractivity (Wildman–Crippen MR) is 74.1 cm³/mol. The molecule has 1 aliphatic heterocycles. The first kappa shape index (κ1) is 14.3. The summed E-state index contributed by atoms with van der Waals surface area (Å²) in [5.74, 6) is -1.06. The second-order valence-corrected chi connectivity index (χ2v) is 4.86. The van der Waals surface area contributed by atoms with Crippen LogP contribution in [-0.2, 0) is 4.74 Å². The van der Waals surface area contributed by atoms with Gasteiger partial charge in [0.15, 0.2) is 0 Å². The molecule has 1 saturated heterocycles. The Kier molecular flexibility index (Phi) is 4.24. The van der Waals surface area contributed by atoms with Gasteiger partial charge in [-0.25, -0.2) is 9.59 Å². The van der Waals surface area contributed by atoms with E-state index in [2.05, 4.69) is 5.32 Å². The van der Waals surface area contributed by atoms with E-state index in [0.29, 0.717) is 24.5 Å². The number of hydrogen-bond donors (Lipinski definition) is 2. The molecule has 1 aromatic rings. The lowest BCUT2D eigenvalue weighted by Crippen LogP contribution is -2.40. The number of rotatable bonds is 3. The van der Waals surface area contributed by atoms with E-state index in [1.165, 1.54) is 6.07 Å². The van der Waals surface area contributed by atoms with Gasteiger partial charge in [-0.3, -0.25) is 0 Å². The summed E-state index contributed by atoms with van der Waals surface area (Å²) in [5, 5.41) is 11.9. The summed E-state index contributed by atoms with van der Waals surface area (Å²) >= 11 is 0. The normalized spacial score (nSPS) is 17.8. The number of ether oxygens (including phenoxy) is 1. The first-order valence-corrected chi connectivity index (χ1v) is 6.45. The molecule has 0 aromatic heterocycles. The molecule has 2 amide bonds. The van der Waals surface area contributed by atoms with Crippen LogP contribution in [0.4, 0.5) is 10.5 Å². The van der Waals surface area contributed by atoms with Crippen LogP contribution in [0.5, 0.6) is 0 Å². The van der Waals surface area contributed by atoms with Crippen molar-refractivity contribution in [3.63, 3.8) is 0 Å². The monoisotopic (exact) mass is 278 g/mol. The highest BCUT2D eigenvalue weighted by atomic mass is 16.5. The number of nitrogens with one attached hydrogen (secondary N) is 1. The third kappa shape index (κ3) is 2.91. The van der Waals surface area contributed by atoms with Crippen molar-refractivity contribution < 1.29 is 19.4 Å². The Bertz CT molecular complexity index is 524. The molecule has 1 fully saturated rings. The van der Waals surface area contributed by atoms with E-state index in [1.807, 2.05) is 0 Å². The summed E-state index contributed by atoms with van der Waals surface area (Å²) in [6, 6.07) is 4.61. The number of urea groups is 1. The number of para-hydroxylation sites is 1. The molecule has 0 saturated carbocycles. The molecule has 1 atom stereocenters. The summed E-state index contributed by atoms with van der Waals surface area (Å²) in [7, 11) is 1.69. The fraction of sp³-hybridized carbons (Fsp3) is 0.429. The molecule has 0 bridgehead atoms. The zero-order valence-electron chi connectivity index (χ0n) is 11.5. The summed E-state index contributed by atoms with van der Waals surface area (Å²) < 4.78 is 5.25. The first-order valence-electron chi connectivity index (χ1n) is 6.45. The number of hydrogen-bond acceptors (Lipinski definition) is 3. The van der Waals surface area contributed by atoms with E-state index in [4.69, 9.17) is 9.84 Å². The van der Waals surface area contributed by atoms with Gasteiger partial charge in [0.1, 0.15) is 0 Å². The number of aryl methyl sites for hydroxylation is 1. The van der Waals surface area contributed by atoms with Crippen molar-refractivity contribution in [2.24, 2.45) is 0 Å². The average Bonchev–Trinajstić information content (AvgIpc) is 2.93. The lowest BCUT2D eigenvalue weighted by Gasteiger charge is -2.24. The Morgan fingerprint density at radius 2 is 2.20 bits per heavy atom. The Hall–Kier alpha value is -2.08. The number of amides is 2. The van der Waals surface area contributed by atoms with Gasteiger partial charge in [0.2, 0.25) is 0 Å². The zero-order valence-corrected chi connectivity index (χ0v) is 11.5. The molecule has 108 valence electrons. The highest BCUT2D eigenvalue weighted by Crippen LogP contribution is 2.21. The Balaban J connectivity index is 2.16. The molecule has 1 unspecified atom stereocenters. The maximum atomic E-state index is 12.2. The minimum absolute atomic E-state index is 0.0345. The number of likely N-dealkylation sites (N-methyl/N-ethyl adjacent to an activating group) is 1. The van der Waals surface area contributed by atoms with Crippen LogP contribution in [0.2, 0.25) is 0 Å². The molecule has 1 aliphatic rings. The molecule has 0 radical (unpaired) electrons. The van der Waals surface area contributed by atoms with Gasteiger partial charge in [-0.2, -0.15) is 0 Å². The SMILES string of the molecule is Cc1cccc(C(=O)O)c1NC(=O)N(C)C1CCOC1. The number of nitrogens with zero attached hydrogens (tertiary/aromatic N) is 1. The third-order valence-electron chi connectivity index (χ3n) is 3.51. The van der Waals surface area contributed by atoms with E-state index >= 15 is 0 Å². The molecule has 6 heteroatoms. The van der Waals surface area contributed by atoms with Gasteiger partial charge >= 0.3 is 12.0 Å². The van der Waals surface area contributed by atoms with Crippen LogP contribution in [0.3, 0.4) is 0 Å². The van der Waals surface area contributed by atoms with Crippen LogP contribution in [0.1, 0.15) is 22.3 Å². The molecular formula is C14H18N2O4. The van der Waals surface area contributed by atoms with Gasteiger partial charge < -0.3 is 20.1 Å². The molecule has 1 aromatic carbocycles. The second-order valence-electron chi connectivity index (χ2n) is 4.86. The smallest absolute Gasteiger partial charge is 0.337 e. The standard InChI is InChI=1S/C14H18N2O4/c1-9-4-3-5-11(13(17)18)12(9)15-14(19)16(2)10-6-7-20-8-10/h3-5,10H,6-8H2,1-2H3,(H,15,19)(H,17,18). The lowest BCUT2D eigenvalue weighted by atomic mass is 10.1. The first-order chi connectivity index (χ1) is 9.50. The van der Waals surface area contributed by atoms with Crippen molar-refractivity contribution in [3.8, 4) is 0 Å². The number of carbonyl (C=O) groups excluding carboxylic acids is 1.